The second-order valence-electron chi connectivity index (χ2n) is 5.09. The molecule has 19 heavy (non-hydrogen) atoms. The highest BCUT2D eigenvalue weighted by Gasteiger charge is 2.16. The van der Waals surface area contributed by atoms with E-state index in [1.54, 1.807) is 11.8 Å². The summed E-state index contributed by atoms with van der Waals surface area (Å²) in [6.07, 6.45) is 0.946. The molecular formula is C16H24O2S. The molecular weight excluding hydrogens is 256 g/mol. The van der Waals surface area contributed by atoms with Crippen LogP contribution in [0.3, 0.4) is 0 Å². The van der Waals surface area contributed by atoms with Gasteiger partial charge in [0.2, 0.25) is 0 Å². The fourth-order valence-corrected chi connectivity index (χ4v) is 2.52. The summed E-state index contributed by atoms with van der Waals surface area (Å²) >= 11 is 1.67. The van der Waals surface area contributed by atoms with E-state index < -0.39 is 0 Å². The van der Waals surface area contributed by atoms with Crippen molar-refractivity contribution in [2.45, 2.75) is 46.3 Å². The van der Waals surface area contributed by atoms with Crippen molar-refractivity contribution in [3.63, 3.8) is 0 Å². The lowest BCUT2D eigenvalue weighted by molar-refractivity contribution is 0.101. The minimum absolute atomic E-state index is 0.164. The minimum Gasteiger partial charge on any atom is -0.493 e. The first kappa shape index (κ1) is 16.1. The number of ketones is 1. The van der Waals surface area contributed by atoms with E-state index in [9.17, 15) is 4.79 Å². The number of benzene rings is 1. The molecule has 0 aliphatic rings. The first-order valence-corrected chi connectivity index (χ1v) is 7.89. The quantitative estimate of drug-likeness (QED) is 0.692. The highest BCUT2D eigenvalue weighted by Crippen LogP contribution is 2.27. The van der Waals surface area contributed by atoms with Crippen LogP contribution in [0, 0.1) is 13.8 Å². The average Bonchev–Trinajstić information content (AvgIpc) is 2.34. The number of carbonyl (C=O) groups excluding carboxylic acids is 1. The Morgan fingerprint density at radius 3 is 2.58 bits per heavy atom. The summed E-state index contributed by atoms with van der Waals surface area (Å²) < 4.78 is 5.77. The Morgan fingerprint density at radius 2 is 2.00 bits per heavy atom. The third-order valence-electron chi connectivity index (χ3n) is 2.72. The lowest BCUT2D eigenvalue weighted by Crippen LogP contribution is -2.10. The number of hydrogen-bond donors (Lipinski definition) is 0. The third-order valence-corrected chi connectivity index (χ3v) is 3.81. The Kier molecular flexibility index (Phi) is 6.43. The van der Waals surface area contributed by atoms with Crippen LogP contribution in [0.15, 0.2) is 12.1 Å². The van der Waals surface area contributed by atoms with Crippen molar-refractivity contribution < 1.29 is 9.53 Å². The van der Waals surface area contributed by atoms with Crippen LogP contribution in [-0.2, 0) is 0 Å². The van der Waals surface area contributed by atoms with Gasteiger partial charge >= 0.3 is 0 Å². The highest BCUT2D eigenvalue weighted by atomic mass is 32.2. The average molecular weight is 280 g/mol. The Balaban J connectivity index is 2.98. The lowest BCUT2D eigenvalue weighted by Gasteiger charge is -2.14. The van der Waals surface area contributed by atoms with E-state index in [-0.39, 0.29) is 5.78 Å². The second kappa shape index (κ2) is 7.59. The Hall–Kier alpha value is -0.960. The van der Waals surface area contributed by atoms with Crippen LogP contribution >= 0.6 is 11.8 Å². The topological polar surface area (TPSA) is 26.3 Å². The van der Waals surface area contributed by atoms with Gasteiger partial charge < -0.3 is 4.74 Å². The van der Waals surface area contributed by atoms with Crippen molar-refractivity contribution in [2.75, 3.05) is 12.4 Å². The Labute approximate surface area is 120 Å². The smallest absolute Gasteiger partial charge is 0.176 e. The molecule has 0 saturated carbocycles. The molecule has 0 aliphatic carbocycles. The normalized spacial score (nSPS) is 10.8. The summed E-state index contributed by atoms with van der Waals surface area (Å²) in [5, 5.41) is 0.467. The number of ether oxygens (including phenoxy) is 1. The zero-order chi connectivity index (χ0) is 14.4. The van der Waals surface area contributed by atoms with Gasteiger partial charge in [-0.2, -0.15) is 11.8 Å². The highest BCUT2D eigenvalue weighted by molar-refractivity contribution is 8.00. The van der Waals surface area contributed by atoms with Crippen LogP contribution in [0.25, 0.3) is 0 Å². The zero-order valence-electron chi connectivity index (χ0n) is 12.6. The maximum absolute atomic E-state index is 12.3. The van der Waals surface area contributed by atoms with Gasteiger partial charge in [-0.15, -0.1) is 0 Å². The van der Waals surface area contributed by atoms with Gasteiger partial charge in [0.1, 0.15) is 5.75 Å². The van der Waals surface area contributed by atoms with Crippen molar-refractivity contribution in [1.82, 2.24) is 0 Å². The third kappa shape index (κ3) is 4.90. The van der Waals surface area contributed by atoms with Crippen LogP contribution < -0.4 is 4.74 Å². The van der Waals surface area contributed by atoms with Crippen LogP contribution in [0.1, 0.15) is 48.7 Å². The molecule has 1 aromatic carbocycles. The summed E-state index contributed by atoms with van der Waals surface area (Å²) in [6.45, 7) is 11.0. The summed E-state index contributed by atoms with van der Waals surface area (Å²) in [4.78, 5) is 12.3. The number of aryl methyl sites for hydroxylation is 2. The van der Waals surface area contributed by atoms with Gasteiger partial charge in [0.25, 0.3) is 0 Å². The van der Waals surface area contributed by atoms with Gasteiger partial charge in [-0.3, -0.25) is 4.79 Å². The minimum atomic E-state index is 0.164. The fraction of sp³-hybridized carbons (Fsp3) is 0.562. The van der Waals surface area contributed by atoms with Crippen LogP contribution in [0.5, 0.6) is 5.75 Å². The van der Waals surface area contributed by atoms with E-state index in [0.717, 1.165) is 28.9 Å². The number of Topliss-reactive ketones (excluding diaryl/α,β-unsaturated/α-hetero) is 1. The molecule has 0 bridgehead atoms. The second-order valence-corrected chi connectivity index (χ2v) is 6.65. The predicted molar refractivity (Wildman–Crippen MR) is 83.6 cm³/mol. The largest absolute Gasteiger partial charge is 0.493 e. The Bertz CT molecular complexity index is 439. The van der Waals surface area contributed by atoms with E-state index in [2.05, 4.69) is 26.8 Å². The maximum atomic E-state index is 12.3. The molecule has 0 saturated heterocycles. The predicted octanol–water partition coefficient (Wildman–Crippen LogP) is 4.42. The molecule has 0 aliphatic heterocycles. The SMILES string of the molecule is CCCOc1c(C)cc(C)cc1C(=O)CSC(C)C. The molecule has 0 radical (unpaired) electrons. The molecule has 0 atom stereocenters. The molecule has 0 spiro atoms. The van der Waals surface area contributed by atoms with Crippen molar-refractivity contribution >= 4 is 17.5 Å². The van der Waals surface area contributed by atoms with Gasteiger partial charge in [0, 0.05) is 0 Å². The first-order chi connectivity index (χ1) is 8.95. The van der Waals surface area contributed by atoms with Crippen LogP contribution in [-0.4, -0.2) is 23.4 Å². The van der Waals surface area contributed by atoms with E-state index in [1.807, 2.05) is 19.9 Å². The monoisotopic (exact) mass is 280 g/mol. The van der Waals surface area contributed by atoms with Crippen LogP contribution in [0.2, 0.25) is 0 Å². The molecule has 0 amide bonds. The standard InChI is InChI=1S/C16H24O2S/c1-6-7-18-16-13(5)8-12(4)9-14(16)15(17)10-19-11(2)3/h8-9,11H,6-7,10H2,1-5H3. The van der Waals surface area contributed by atoms with E-state index in [1.165, 1.54) is 0 Å². The van der Waals surface area contributed by atoms with E-state index in [4.69, 9.17) is 4.74 Å². The molecule has 0 unspecified atom stereocenters. The molecule has 2 nitrogen and oxygen atoms in total. The summed E-state index contributed by atoms with van der Waals surface area (Å²) in [7, 11) is 0. The summed E-state index contributed by atoms with van der Waals surface area (Å²) in [6, 6.07) is 4.01. The molecule has 0 N–H and O–H groups in total. The molecule has 1 aromatic rings. The first-order valence-electron chi connectivity index (χ1n) is 6.84. The lowest BCUT2D eigenvalue weighted by atomic mass is 10.0. The summed E-state index contributed by atoms with van der Waals surface area (Å²) in [5.74, 6) is 1.45. The molecule has 3 heteroatoms. The zero-order valence-corrected chi connectivity index (χ0v) is 13.4. The molecule has 1 rings (SSSR count). The molecule has 0 fully saturated rings. The van der Waals surface area contributed by atoms with Gasteiger partial charge in [0.15, 0.2) is 5.78 Å². The summed E-state index contributed by atoms with van der Waals surface area (Å²) in [5.41, 5.74) is 2.89. The van der Waals surface area contributed by atoms with E-state index in [0.29, 0.717) is 17.6 Å². The molecule has 0 heterocycles. The number of thioether (sulfide) groups is 1. The van der Waals surface area contributed by atoms with Crippen molar-refractivity contribution in [3.05, 3.63) is 28.8 Å². The van der Waals surface area contributed by atoms with Gasteiger partial charge in [-0.05, 0) is 42.7 Å². The number of rotatable bonds is 7. The van der Waals surface area contributed by atoms with Crippen molar-refractivity contribution in [2.24, 2.45) is 0 Å². The molecule has 0 aromatic heterocycles. The van der Waals surface area contributed by atoms with Gasteiger partial charge in [-0.25, -0.2) is 0 Å². The number of hydrogen-bond acceptors (Lipinski definition) is 3. The van der Waals surface area contributed by atoms with Crippen molar-refractivity contribution in [1.29, 1.82) is 0 Å². The van der Waals surface area contributed by atoms with Gasteiger partial charge in [-0.1, -0.05) is 26.8 Å². The number of carbonyl (C=O) groups is 1. The van der Waals surface area contributed by atoms with Crippen LogP contribution in [0.4, 0.5) is 0 Å². The van der Waals surface area contributed by atoms with Crippen molar-refractivity contribution in [3.8, 4) is 5.75 Å². The molecule has 106 valence electrons. The maximum Gasteiger partial charge on any atom is 0.176 e. The van der Waals surface area contributed by atoms with Gasteiger partial charge in [0.05, 0.1) is 17.9 Å². The van der Waals surface area contributed by atoms with E-state index >= 15 is 0 Å². The fourth-order valence-electron chi connectivity index (χ4n) is 1.88. The Morgan fingerprint density at radius 1 is 1.32 bits per heavy atom.